The first kappa shape index (κ1) is 16.5. The topological polar surface area (TPSA) is 64.1 Å². The van der Waals surface area contributed by atoms with E-state index in [-0.39, 0.29) is 0 Å². The largest absolute Gasteiger partial charge is 0.355 e. The number of nitrogens with zero attached hydrogens (tertiary/aromatic N) is 7. The summed E-state index contributed by atoms with van der Waals surface area (Å²) in [6.07, 6.45) is 3.96. The van der Waals surface area contributed by atoms with Crippen molar-refractivity contribution in [1.82, 2.24) is 29.4 Å². The molecule has 1 saturated heterocycles. The van der Waals surface area contributed by atoms with E-state index in [4.69, 9.17) is 16.6 Å². The van der Waals surface area contributed by atoms with Gasteiger partial charge in [-0.25, -0.2) is 9.50 Å². The molecule has 0 saturated carbocycles. The third kappa shape index (κ3) is 2.56. The van der Waals surface area contributed by atoms with Crippen molar-refractivity contribution in [2.45, 2.75) is 25.7 Å². The summed E-state index contributed by atoms with van der Waals surface area (Å²) in [7, 11) is 2.00. The molecule has 0 N–H and O–H groups in total. The highest BCUT2D eigenvalue weighted by Crippen LogP contribution is 2.34. The number of aryl methyl sites for hydroxylation is 2. The summed E-state index contributed by atoms with van der Waals surface area (Å²) < 4.78 is 3.86. The van der Waals surface area contributed by atoms with E-state index in [0.29, 0.717) is 16.6 Å². The van der Waals surface area contributed by atoms with E-state index in [1.54, 1.807) is 6.33 Å². The highest BCUT2D eigenvalue weighted by Gasteiger charge is 2.27. The van der Waals surface area contributed by atoms with Gasteiger partial charge in [0, 0.05) is 31.4 Å². The van der Waals surface area contributed by atoms with Gasteiger partial charge in [-0.05, 0) is 31.9 Å². The molecule has 0 bridgehead atoms. The van der Waals surface area contributed by atoms with Gasteiger partial charge < -0.3 is 9.47 Å². The first-order chi connectivity index (χ1) is 13.1. The molecular formula is C19H20ClN7. The maximum atomic E-state index is 6.50. The molecule has 3 aromatic heterocycles. The second kappa shape index (κ2) is 6.20. The first-order valence-electron chi connectivity index (χ1n) is 9.16. The summed E-state index contributed by atoms with van der Waals surface area (Å²) >= 11 is 6.50. The van der Waals surface area contributed by atoms with E-state index in [9.17, 15) is 0 Å². The third-order valence-corrected chi connectivity index (χ3v) is 5.82. The van der Waals surface area contributed by atoms with E-state index >= 15 is 0 Å². The van der Waals surface area contributed by atoms with Crippen LogP contribution in [0.5, 0.6) is 0 Å². The van der Waals surface area contributed by atoms with Crippen molar-refractivity contribution in [3.8, 4) is 0 Å². The molecule has 7 nitrogen and oxygen atoms in total. The average Bonchev–Trinajstić information content (AvgIpc) is 3.25. The Labute approximate surface area is 161 Å². The summed E-state index contributed by atoms with van der Waals surface area (Å²) in [5, 5.41) is 14.7. The van der Waals surface area contributed by atoms with Gasteiger partial charge in [0.15, 0.2) is 5.65 Å². The van der Waals surface area contributed by atoms with Crippen LogP contribution in [0.4, 0.5) is 5.82 Å². The van der Waals surface area contributed by atoms with Crippen molar-refractivity contribution in [3.05, 3.63) is 47.1 Å². The number of hydrogen-bond acceptors (Lipinski definition) is 5. The Balaban J connectivity index is 1.65. The van der Waals surface area contributed by atoms with Crippen LogP contribution in [0.3, 0.4) is 0 Å². The van der Waals surface area contributed by atoms with Gasteiger partial charge in [0.1, 0.15) is 23.0 Å². The quantitative estimate of drug-likeness (QED) is 0.532. The molecule has 1 aliphatic heterocycles. The second-order valence-corrected chi connectivity index (χ2v) is 7.55. The summed E-state index contributed by atoms with van der Waals surface area (Å²) in [5.74, 6) is 2.33. The number of rotatable bonds is 2. The molecule has 1 aliphatic rings. The monoisotopic (exact) mass is 381 g/mol. The van der Waals surface area contributed by atoms with Crippen LogP contribution in [0.25, 0.3) is 16.6 Å². The van der Waals surface area contributed by atoms with E-state index in [1.807, 2.05) is 35.2 Å². The molecule has 138 valence electrons. The van der Waals surface area contributed by atoms with Crippen LogP contribution < -0.4 is 4.90 Å². The van der Waals surface area contributed by atoms with Crippen molar-refractivity contribution >= 4 is 34.0 Å². The SMILES string of the molecule is Cc1nn2c(nc(N3CCCC(c4nncn4C)C3)c3ccccc32)c1Cl. The maximum absolute atomic E-state index is 6.50. The lowest BCUT2D eigenvalue weighted by atomic mass is 9.97. The van der Waals surface area contributed by atoms with Crippen LogP contribution in [-0.4, -0.2) is 42.5 Å². The molecule has 0 radical (unpaired) electrons. The van der Waals surface area contributed by atoms with Crippen molar-refractivity contribution in [1.29, 1.82) is 0 Å². The zero-order valence-electron chi connectivity index (χ0n) is 15.3. The van der Waals surface area contributed by atoms with Crippen molar-refractivity contribution < 1.29 is 0 Å². The fourth-order valence-corrected chi connectivity index (χ4v) is 4.21. The lowest BCUT2D eigenvalue weighted by Crippen LogP contribution is -2.36. The van der Waals surface area contributed by atoms with Crippen LogP contribution in [0, 0.1) is 6.92 Å². The minimum absolute atomic E-state index is 0.338. The molecule has 1 fully saturated rings. The standard InChI is InChI=1S/C19H20ClN7/c1-12-16(20)19-22-18(14-7-3-4-8-15(14)27(19)24-12)26-9-5-6-13(10-26)17-23-21-11-25(17)2/h3-4,7-8,11,13H,5-6,9-10H2,1-2H3. The van der Waals surface area contributed by atoms with Gasteiger partial charge in [-0.3, -0.25) is 0 Å². The number of halogens is 1. The molecule has 1 atom stereocenters. The Hall–Kier alpha value is -2.67. The molecule has 5 rings (SSSR count). The van der Waals surface area contributed by atoms with Crippen molar-refractivity contribution in [2.75, 3.05) is 18.0 Å². The van der Waals surface area contributed by atoms with E-state index in [0.717, 1.165) is 54.2 Å². The predicted octanol–water partition coefficient (Wildman–Crippen LogP) is 3.36. The van der Waals surface area contributed by atoms with E-state index < -0.39 is 0 Å². The highest BCUT2D eigenvalue weighted by atomic mass is 35.5. The molecule has 4 heterocycles. The summed E-state index contributed by atoms with van der Waals surface area (Å²) in [6, 6.07) is 8.24. The van der Waals surface area contributed by atoms with Crippen LogP contribution in [0.2, 0.25) is 5.02 Å². The fourth-order valence-electron chi connectivity index (χ4n) is 4.05. The number of hydrogen-bond donors (Lipinski definition) is 0. The molecule has 8 heteroatoms. The van der Waals surface area contributed by atoms with Crippen LogP contribution in [-0.2, 0) is 7.05 Å². The summed E-state index contributed by atoms with van der Waals surface area (Å²) in [4.78, 5) is 7.29. The summed E-state index contributed by atoms with van der Waals surface area (Å²) in [5.41, 5.74) is 2.53. The summed E-state index contributed by atoms with van der Waals surface area (Å²) in [6.45, 7) is 3.74. The zero-order chi connectivity index (χ0) is 18.5. The average molecular weight is 382 g/mol. The minimum Gasteiger partial charge on any atom is -0.355 e. The number of aromatic nitrogens is 6. The lowest BCUT2D eigenvalue weighted by molar-refractivity contribution is 0.478. The van der Waals surface area contributed by atoms with Crippen molar-refractivity contribution in [3.63, 3.8) is 0 Å². The molecule has 1 aromatic carbocycles. The number of piperidine rings is 1. The van der Waals surface area contributed by atoms with Gasteiger partial charge in [-0.2, -0.15) is 5.10 Å². The lowest BCUT2D eigenvalue weighted by Gasteiger charge is -2.33. The van der Waals surface area contributed by atoms with E-state index in [2.05, 4.69) is 32.3 Å². The number of para-hydroxylation sites is 1. The first-order valence-corrected chi connectivity index (χ1v) is 9.53. The maximum Gasteiger partial charge on any atom is 0.176 e. The number of benzene rings is 1. The normalized spacial score (nSPS) is 17.9. The minimum atomic E-state index is 0.338. The predicted molar refractivity (Wildman–Crippen MR) is 105 cm³/mol. The molecular weight excluding hydrogens is 362 g/mol. The van der Waals surface area contributed by atoms with Crippen LogP contribution >= 0.6 is 11.6 Å². The Morgan fingerprint density at radius 3 is 2.89 bits per heavy atom. The Morgan fingerprint density at radius 1 is 1.22 bits per heavy atom. The molecule has 4 aromatic rings. The second-order valence-electron chi connectivity index (χ2n) is 7.17. The van der Waals surface area contributed by atoms with Crippen molar-refractivity contribution in [2.24, 2.45) is 7.05 Å². The van der Waals surface area contributed by atoms with Gasteiger partial charge in [0.05, 0.1) is 11.2 Å². The van der Waals surface area contributed by atoms with Gasteiger partial charge >= 0.3 is 0 Å². The van der Waals surface area contributed by atoms with Gasteiger partial charge in [0.2, 0.25) is 0 Å². The molecule has 1 unspecified atom stereocenters. The van der Waals surface area contributed by atoms with Crippen LogP contribution in [0.15, 0.2) is 30.6 Å². The Kier molecular flexibility index (Phi) is 3.79. The smallest absolute Gasteiger partial charge is 0.176 e. The molecule has 0 amide bonds. The molecule has 27 heavy (non-hydrogen) atoms. The molecule has 0 spiro atoms. The third-order valence-electron chi connectivity index (χ3n) is 5.38. The highest BCUT2D eigenvalue weighted by molar-refractivity contribution is 6.34. The van der Waals surface area contributed by atoms with Gasteiger partial charge in [0.25, 0.3) is 0 Å². The molecule has 0 aliphatic carbocycles. The van der Waals surface area contributed by atoms with E-state index in [1.165, 1.54) is 0 Å². The van der Waals surface area contributed by atoms with Gasteiger partial charge in [-0.1, -0.05) is 23.7 Å². The van der Waals surface area contributed by atoms with Crippen LogP contribution in [0.1, 0.15) is 30.3 Å². The van der Waals surface area contributed by atoms with Gasteiger partial charge in [-0.15, -0.1) is 10.2 Å². The fraction of sp³-hybridized carbons (Fsp3) is 0.368. The number of anilines is 1. The Bertz CT molecular complexity index is 1150. The zero-order valence-corrected chi connectivity index (χ0v) is 16.1. The number of fused-ring (bicyclic) bond motifs is 3. The Morgan fingerprint density at radius 2 is 2.07 bits per heavy atom.